The summed E-state index contributed by atoms with van der Waals surface area (Å²) < 4.78 is 2.13. The first-order valence-corrected chi connectivity index (χ1v) is 7.33. The zero-order valence-electron chi connectivity index (χ0n) is 11.0. The smallest absolute Gasteiger partial charge is 0.0945 e. The van der Waals surface area contributed by atoms with E-state index in [9.17, 15) is 0 Å². The van der Waals surface area contributed by atoms with Crippen LogP contribution in [0, 0.1) is 0 Å². The summed E-state index contributed by atoms with van der Waals surface area (Å²) in [6.07, 6.45) is 8.01. The number of hydrogen-bond acceptors (Lipinski definition) is 2. The zero-order chi connectivity index (χ0) is 12.8. The van der Waals surface area contributed by atoms with Gasteiger partial charge >= 0.3 is 0 Å². The maximum atomic E-state index is 4.05. The molecule has 0 saturated carbocycles. The molecule has 2 rings (SSSR count). The molecule has 0 aliphatic rings. The molecule has 0 aliphatic heterocycles. The average molecular weight is 260 g/mol. The fourth-order valence-electron chi connectivity index (χ4n) is 1.89. The molecule has 0 amide bonds. The van der Waals surface area contributed by atoms with Crippen LogP contribution in [0.15, 0.2) is 47.9 Å². The Balaban J connectivity index is 1.79. The lowest BCUT2D eigenvalue weighted by molar-refractivity contribution is 0.642. The van der Waals surface area contributed by atoms with Crippen LogP contribution >= 0.6 is 11.8 Å². The summed E-state index contributed by atoms with van der Waals surface area (Å²) in [6.45, 7) is 5.50. The van der Waals surface area contributed by atoms with Crippen molar-refractivity contribution in [2.45, 2.75) is 43.4 Å². The van der Waals surface area contributed by atoms with Crippen molar-refractivity contribution in [3.05, 3.63) is 48.5 Å². The molecule has 0 radical (unpaired) electrons. The van der Waals surface area contributed by atoms with E-state index >= 15 is 0 Å². The molecule has 0 unspecified atom stereocenters. The lowest BCUT2D eigenvalue weighted by atomic mass is 10.1. The summed E-state index contributed by atoms with van der Waals surface area (Å²) in [5.41, 5.74) is 1.42. The van der Waals surface area contributed by atoms with Crippen LogP contribution in [-0.4, -0.2) is 14.8 Å². The average Bonchev–Trinajstić information content (AvgIpc) is 2.84. The molecule has 2 aromatic rings. The molecular weight excluding hydrogens is 240 g/mol. The van der Waals surface area contributed by atoms with Crippen LogP contribution in [0.3, 0.4) is 0 Å². The number of thioether (sulfide) groups is 1. The maximum absolute atomic E-state index is 4.05. The Hall–Kier alpha value is -1.22. The van der Waals surface area contributed by atoms with Crippen LogP contribution in [0.5, 0.6) is 0 Å². The van der Waals surface area contributed by atoms with Crippen LogP contribution in [0.4, 0.5) is 0 Å². The van der Waals surface area contributed by atoms with E-state index in [1.54, 1.807) is 0 Å². The van der Waals surface area contributed by atoms with E-state index in [0.29, 0.717) is 5.25 Å². The lowest BCUT2D eigenvalue weighted by Crippen LogP contribution is -1.96. The third kappa shape index (κ3) is 4.22. The van der Waals surface area contributed by atoms with Crippen molar-refractivity contribution in [1.29, 1.82) is 0 Å². The van der Waals surface area contributed by atoms with Gasteiger partial charge in [0.15, 0.2) is 0 Å². The topological polar surface area (TPSA) is 17.8 Å². The SMILES string of the molecule is CC(C)Sc1ccc(CCCn2ccnc2)cc1. The Labute approximate surface area is 113 Å². The molecule has 0 bridgehead atoms. The summed E-state index contributed by atoms with van der Waals surface area (Å²) in [6, 6.07) is 8.96. The minimum absolute atomic E-state index is 0.650. The van der Waals surface area contributed by atoms with E-state index < -0.39 is 0 Å². The van der Waals surface area contributed by atoms with Crippen molar-refractivity contribution in [2.75, 3.05) is 0 Å². The molecule has 1 heterocycles. The van der Waals surface area contributed by atoms with Gasteiger partial charge in [0.1, 0.15) is 0 Å². The first-order chi connectivity index (χ1) is 8.74. The number of hydrogen-bond donors (Lipinski definition) is 0. The van der Waals surface area contributed by atoms with Gasteiger partial charge in [0.25, 0.3) is 0 Å². The predicted octanol–water partition coefficient (Wildman–Crippen LogP) is 4.02. The molecule has 3 heteroatoms. The van der Waals surface area contributed by atoms with E-state index in [4.69, 9.17) is 0 Å². The van der Waals surface area contributed by atoms with Crippen molar-refractivity contribution in [2.24, 2.45) is 0 Å². The van der Waals surface area contributed by atoms with Crippen molar-refractivity contribution < 1.29 is 0 Å². The standard InChI is InChI=1S/C15H20N2S/c1-13(2)18-15-7-5-14(6-8-15)4-3-10-17-11-9-16-12-17/h5-9,11-13H,3-4,10H2,1-2H3. The number of nitrogens with zero attached hydrogens (tertiary/aromatic N) is 2. The van der Waals surface area contributed by atoms with Crippen LogP contribution < -0.4 is 0 Å². The molecule has 0 aliphatic carbocycles. The zero-order valence-corrected chi connectivity index (χ0v) is 11.9. The van der Waals surface area contributed by atoms with Crippen LogP contribution in [0.1, 0.15) is 25.8 Å². The van der Waals surface area contributed by atoms with E-state index in [0.717, 1.165) is 19.4 Å². The summed E-state index contributed by atoms with van der Waals surface area (Å²) in [5, 5.41) is 0.650. The normalized spacial score (nSPS) is 11.1. The van der Waals surface area contributed by atoms with Crippen molar-refractivity contribution in [3.63, 3.8) is 0 Å². The highest BCUT2D eigenvalue weighted by atomic mass is 32.2. The molecule has 0 spiro atoms. The summed E-state index contributed by atoms with van der Waals surface area (Å²) in [4.78, 5) is 5.41. The monoisotopic (exact) mass is 260 g/mol. The van der Waals surface area contributed by atoms with Gasteiger partial charge in [-0.2, -0.15) is 0 Å². The summed E-state index contributed by atoms with van der Waals surface area (Å²) >= 11 is 1.92. The molecule has 2 nitrogen and oxygen atoms in total. The van der Waals surface area contributed by atoms with E-state index in [2.05, 4.69) is 47.7 Å². The van der Waals surface area contributed by atoms with Gasteiger partial charge < -0.3 is 4.57 Å². The second kappa shape index (κ2) is 6.64. The second-order valence-electron chi connectivity index (χ2n) is 4.71. The van der Waals surface area contributed by atoms with Crippen LogP contribution in [0.2, 0.25) is 0 Å². The number of rotatable bonds is 6. The largest absolute Gasteiger partial charge is 0.337 e. The predicted molar refractivity (Wildman–Crippen MR) is 78.0 cm³/mol. The van der Waals surface area contributed by atoms with Gasteiger partial charge in [-0.3, -0.25) is 0 Å². The quantitative estimate of drug-likeness (QED) is 0.730. The molecule has 1 aromatic heterocycles. The van der Waals surface area contributed by atoms with Crippen LogP contribution in [-0.2, 0) is 13.0 Å². The highest BCUT2D eigenvalue weighted by Crippen LogP contribution is 2.23. The molecule has 1 aromatic carbocycles. The first-order valence-electron chi connectivity index (χ1n) is 6.45. The van der Waals surface area contributed by atoms with Crippen molar-refractivity contribution in [1.82, 2.24) is 9.55 Å². The fraction of sp³-hybridized carbons (Fsp3) is 0.400. The summed E-state index contributed by atoms with van der Waals surface area (Å²) in [7, 11) is 0. The molecule has 96 valence electrons. The minimum atomic E-state index is 0.650. The molecule has 0 fully saturated rings. The molecule has 0 atom stereocenters. The van der Waals surface area contributed by atoms with E-state index in [-0.39, 0.29) is 0 Å². The third-order valence-corrected chi connectivity index (χ3v) is 3.75. The third-order valence-electron chi connectivity index (χ3n) is 2.74. The molecule has 0 saturated heterocycles. The first kappa shape index (κ1) is 13.2. The van der Waals surface area contributed by atoms with Gasteiger partial charge in [0.05, 0.1) is 6.33 Å². The van der Waals surface area contributed by atoms with Gasteiger partial charge in [-0.05, 0) is 30.5 Å². The van der Waals surface area contributed by atoms with E-state index in [1.165, 1.54) is 10.5 Å². The number of benzene rings is 1. The number of aromatic nitrogens is 2. The van der Waals surface area contributed by atoms with Gasteiger partial charge in [-0.25, -0.2) is 4.98 Å². The fourth-order valence-corrected chi connectivity index (χ4v) is 2.73. The van der Waals surface area contributed by atoms with Gasteiger partial charge in [-0.15, -0.1) is 11.8 Å². The van der Waals surface area contributed by atoms with E-state index in [1.807, 2.05) is 30.5 Å². The molecule has 0 N–H and O–H groups in total. The Kier molecular flexibility index (Phi) is 4.88. The molecule has 18 heavy (non-hydrogen) atoms. The Morgan fingerprint density at radius 2 is 2.00 bits per heavy atom. The lowest BCUT2D eigenvalue weighted by Gasteiger charge is -2.06. The van der Waals surface area contributed by atoms with Gasteiger partial charge in [0, 0.05) is 29.1 Å². The molecular formula is C15H20N2S. The highest BCUT2D eigenvalue weighted by Gasteiger charge is 1.99. The van der Waals surface area contributed by atoms with Crippen LogP contribution in [0.25, 0.3) is 0 Å². The van der Waals surface area contributed by atoms with Crippen molar-refractivity contribution in [3.8, 4) is 0 Å². The highest BCUT2D eigenvalue weighted by molar-refractivity contribution is 7.99. The maximum Gasteiger partial charge on any atom is 0.0945 e. The minimum Gasteiger partial charge on any atom is -0.337 e. The Morgan fingerprint density at radius 1 is 1.22 bits per heavy atom. The van der Waals surface area contributed by atoms with Gasteiger partial charge in [0.2, 0.25) is 0 Å². The van der Waals surface area contributed by atoms with Crippen molar-refractivity contribution >= 4 is 11.8 Å². The summed E-state index contributed by atoms with van der Waals surface area (Å²) in [5.74, 6) is 0. The Morgan fingerprint density at radius 3 is 2.61 bits per heavy atom. The second-order valence-corrected chi connectivity index (χ2v) is 6.36. The number of imidazole rings is 1. The number of aryl methyl sites for hydroxylation is 2. The Bertz CT molecular complexity index is 446. The van der Waals surface area contributed by atoms with Gasteiger partial charge in [-0.1, -0.05) is 26.0 Å².